The Morgan fingerprint density at radius 1 is 1.11 bits per heavy atom. The van der Waals surface area contributed by atoms with Gasteiger partial charge in [-0.25, -0.2) is 0 Å². The Balaban J connectivity index is 1.61. The zero-order valence-corrected chi connectivity index (χ0v) is 21.7. The maximum Gasteiger partial charge on any atom is 0.264 e. The molecule has 37 heavy (non-hydrogen) atoms. The summed E-state index contributed by atoms with van der Waals surface area (Å²) >= 11 is 3.35. The van der Waals surface area contributed by atoms with Gasteiger partial charge in [-0.15, -0.1) is 0 Å². The molecule has 2 aromatic carbocycles. The van der Waals surface area contributed by atoms with E-state index in [-0.39, 0.29) is 23.5 Å². The number of nitrogen functional groups attached to an aromatic ring is 1. The van der Waals surface area contributed by atoms with E-state index >= 15 is 0 Å². The second-order valence-electron chi connectivity index (χ2n) is 8.39. The Morgan fingerprint density at radius 3 is 2.57 bits per heavy atom. The third-order valence-corrected chi connectivity index (χ3v) is 6.75. The monoisotopic (exact) mass is 555 g/mol. The van der Waals surface area contributed by atoms with Gasteiger partial charge in [0.15, 0.2) is 5.82 Å². The quantitative estimate of drug-likeness (QED) is 0.331. The van der Waals surface area contributed by atoms with Crippen LogP contribution >= 0.6 is 15.9 Å². The van der Waals surface area contributed by atoms with Crippen molar-refractivity contribution in [3.63, 3.8) is 0 Å². The molecule has 0 saturated carbocycles. The van der Waals surface area contributed by atoms with E-state index in [9.17, 15) is 9.59 Å². The lowest BCUT2D eigenvalue weighted by Gasteiger charge is -2.16. The number of halogens is 1. The average molecular weight is 556 g/mol. The minimum absolute atomic E-state index is 0.0886. The fraction of sp³-hybridized carbons (Fsp3) is 0.111. The molecule has 0 unspecified atom stereocenters. The first-order chi connectivity index (χ1) is 17.8. The predicted molar refractivity (Wildman–Crippen MR) is 145 cm³/mol. The molecule has 3 aromatic heterocycles. The molecule has 0 aliphatic carbocycles. The Labute approximate surface area is 220 Å². The fourth-order valence-electron chi connectivity index (χ4n) is 4.13. The van der Waals surface area contributed by atoms with Gasteiger partial charge in [0.2, 0.25) is 0 Å². The highest BCUT2D eigenvalue weighted by atomic mass is 79.9. The van der Waals surface area contributed by atoms with Crippen molar-refractivity contribution >= 4 is 38.4 Å². The second-order valence-corrected chi connectivity index (χ2v) is 9.14. The molecule has 184 valence electrons. The number of nitrogens with two attached hydrogens (primary N) is 1. The van der Waals surface area contributed by atoms with Crippen LogP contribution in [0.25, 0.3) is 16.5 Å². The number of rotatable bonds is 4. The van der Waals surface area contributed by atoms with Gasteiger partial charge in [-0.2, -0.15) is 10.2 Å². The fourth-order valence-corrected chi connectivity index (χ4v) is 4.59. The second kappa shape index (κ2) is 9.79. The number of aryl methyl sites for hydroxylation is 2. The standard InChI is InChI=1S/C27H22BrN7O2/c1-33-16-17(14-31-33)11-12-18-7-6-8-19-13-21(15-30-26(36)23-24(28)34(2)32-25(23)29)35(27(37)22(18)19)20-9-4-3-5-10-20/h3-10,13-14,16H,15H2,1-2H3,(H2,29,32)(H,30,36). The summed E-state index contributed by atoms with van der Waals surface area (Å²) < 4.78 is 5.22. The van der Waals surface area contributed by atoms with Crippen LogP contribution in [0.15, 0.2) is 76.4 Å². The molecule has 0 radical (unpaired) electrons. The summed E-state index contributed by atoms with van der Waals surface area (Å²) in [5.41, 5.74) is 8.58. The smallest absolute Gasteiger partial charge is 0.264 e. The van der Waals surface area contributed by atoms with Crippen LogP contribution in [0.2, 0.25) is 0 Å². The number of aromatic nitrogens is 5. The van der Waals surface area contributed by atoms with E-state index < -0.39 is 5.91 Å². The molecule has 5 rings (SSSR count). The van der Waals surface area contributed by atoms with Gasteiger partial charge in [-0.05, 0) is 45.6 Å². The largest absolute Gasteiger partial charge is 0.382 e. The van der Waals surface area contributed by atoms with Gasteiger partial charge in [-0.1, -0.05) is 42.2 Å². The molecule has 3 N–H and O–H groups in total. The van der Waals surface area contributed by atoms with Crippen molar-refractivity contribution in [2.24, 2.45) is 14.1 Å². The molecule has 5 aromatic rings. The molecule has 0 fully saturated rings. The van der Waals surface area contributed by atoms with Gasteiger partial charge in [0.1, 0.15) is 10.2 Å². The van der Waals surface area contributed by atoms with Crippen LogP contribution in [0.5, 0.6) is 0 Å². The maximum atomic E-state index is 13.9. The van der Waals surface area contributed by atoms with Crippen molar-refractivity contribution < 1.29 is 4.79 Å². The lowest BCUT2D eigenvalue weighted by atomic mass is 10.0. The predicted octanol–water partition coefficient (Wildman–Crippen LogP) is 3.13. The summed E-state index contributed by atoms with van der Waals surface area (Å²) in [4.78, 5) is 26.9. The first-order valence-electron chi connectivity index (χ1n) is 11.3. The van der Waals surface area contributed by atoms with E-state index in [1.165, 1.54) is 4.68 Å². The number of carbonyl (C=O) groups excluding carboxylic acids is 1. The summed E-state index contributed by atoms with van der Waals surface area (Å²) in [6, 6.07) is 16.7. The van der Waals surface area contributed by atoms with Gasteiger partial charge in [0.05, 0.1) is 23.7 Å². The number of anilines is 1. The van der Waals surface area contributed by atoms with Gasteiger partial charge in [-0.3, -0.25) is 23.5 Å². The van der Waals surface area contributed by atoms with E-state index in [0.29, 0.717) is 26.9 Å². The summed E-state index contributed by atoms with van der Waals surface area (Å²) in [6.45, 7) is 0.0886. The molecule has 9 nitrogen and oxygen atoms in total. The van der Waals surface area contributed by atoms with Crippen LogP contribution < -0.4 is 16.6 Å². The minimum Gasteiger partial charge on any atom is -0.382 e. The number of nitrogens with zero attached hydrogens (tertiary/aromatic N) is 5. The number of amides is 1. The normalized spacial score (nSPS) is 10.8. The topological polar surface area (TPSA) is 113 Å². The van der Waals surface area contributed by atoms with Crippen molar-refractivity contribution in [3.05, 3.63) is 104 Å². The number of para-hydroxylation sites is 1. The molecule has 0 saturated heterocycles. The van der Waals surface area contributed by atoms with Crippen LogP contribution in [0.4, 0.5) is 5.82 Å². The maximum absolute atomic E-state index is 13.9. The SMILES string of the molecule is Cn1cc(C#Cc2cccc3cc(CNC(=O)c4c(N)nn(C)c4Br)n(-c4ccccc4)c(=O)c23)cn1. The van der Waals surface area contributed by atoms with Crippen LogP contribution in [0.1, 0.15) is 27.2 Å². The minimum atomic E-state index is -0.402. The Hall–Kier alpha value is -4.62. The molecule has 0 aliphatic heterocycles. The first-order valence-corrected chi connectivity index (χ1v) is 12.1. The van der Waals surface area contributed by atoms with Crippen molar-refractivity contribution in [3.8, 4) is 17.5 Å². The highest BCUT2D eigenvalue weighted by Gasteiger charge is 2.20. The summed E-state index contributed by atoms with van der Waals surface area (Å²) in [7, 11) is 3.51. The number of hydrogen-bond donors (Lipinski definition) is 2. The number of pyridine rings is 1. The van der Waals surface area contributed by atoms with Gasteiger partial charge in [0.25, 0.3) is 11.5 Å². The Bertz CT molecular complexity index is 1770. The molecule has 3 heterocycles. The van der Waals surface area contributed by atoms with E-state index in [4.69, 9.17) is 5.73 Å². The van der Waals surface area contributed by atoms with Crippen LogP contribution in [-0.2, 0) is 20.6 Å². The highest BCUT2D eigenvalue weighted by Crippen LogP contribution is 2.22. The average Bonchev–Trinajstić information content (AvgIpc) is 3.42. The Morgan fingerprint density at radius 2 is 1.89 bits per heavy atom. The van der Waals surface area contributed by atoms with Crippen molar-refractivity contribution in [2.45, 2.75) is 6.54 Å². The molecule has 0 bridgehead atoms. The number of nitrogens with one attached hydrogen (secondary N) is 1. The molecule has 10 heteroatoms. The van der Waals surface area contributed by atoms with E-state index in [2.05, 4.69) is 43.3 Å². The van der Waals surface area contributed by atoms with Crippen molar-refractivity contribution in [2.75, 3.05) is 5.73 Å². The lowest BCUT2D eigenvalue weighted by Crippen LogP contribution is -2.29. The molecular weight excluding hydrogens is 534 g/mol. The van der Waals surface area contributed by atoms with Crippen molar-refractivity contribution in [1.82, 2.24) is 29.4 Å². The molecule has 0 atom stereocenters. The zero-order chi connectivity index (χ0) is 26.1. The molecule has 0 aliphatic rings. The van der Waals surface area contributed by atoms with Crippen molar-refractivity contribution in [1.29, 1.82) is 0 Å². The molecule has 1 amide bonds. The lowest BCUT2D eigenvalue weighted by molar-refractivity contribution is 0.0950. The first kappa shape index (κ1) is 24.1. The van der Waals surface area contributed by atoms with Gasteiger partial charge < -0.3 is 11.1 Å². The zero-order valence-electron chi connectivity index (χ0n) is 20.1. The third kappa shape index (κ3) is 4.64. The number of benzene rings is 2. The summed E-state index contributed by atoms with van der Waals surface area (Å²) in [6.07, 6.45) is 3.49. The number of hydrogen-bond acceptors (Lipinski definition) is 5. The van der Waals surface area contributed by atoms with Gasteiger partial charge in [0, 0.05) is 37.2 Å². The molecule has 0 spiro atoms. The van der Waals surface area contributed by atoms with E-state index in [1.807, 2.05) is 67.8 Å². The number of carbonyl (C=O) groups is 1. The van der Waals surface area contributed by atoms with Crippen LogP contribution in [0.3, 0.4) is 0 Å². The highest BCUT2D eigenvalue weighted by molar-refractivity contribution is 9.10. The summed E-state index contributed by atoms with van der Waals surface area (Å²) in [5, 5.41) is 12.3. The Kier molecular flexibility index (Phi) is 6.38. The van der Waals surface area contributed by atoms with E-state index in [0.717, 1.165) is 10.9 Å². The third-order valence-electron chi connectivity index (χ3n) is 5.85. The van der Waals surface area contributed by atoms with Crippen LogP contribution in [0, 0.1) is 11.8 Å². The number of fused-ring (bicyclic) bond motifs is 1. The summed E-state index contributed by atoms with van der Waals surface area (Å²) in [5.74, 6) is 5.92. The van der Waals surface area contributed by atoms with Gasteiger partial charge >= 0.3 is 0 Å². The van der Waals surface area contributed by atoms with Crippen LogP contribution in [-0.4, -0.2) is 30.0 Å². The van der Waals surface area contributed by atoms with E-state index in [1.54, 1.807) is 22.5 Å². The molecular formula is C27H22BrN7O2.